The van der Waals surface area contributed by atoms with Crippen molar-refractivity contribution in [1.29, 1.82) is 0 Å². The number of benzene rings is 2. The van der Waals surface area contributed by atoms with E-state index >= 15 is 0 Å². The summed E-state index contributed by atoms with van der Waals surface area (Å²) in [4.78, 5) is 42.0. The number of esters is 1. The Morgan fingerprint density at radius 2 is 2.00 bits per heavy atom. The van der Waals surface area contributed by atoms with Gasteiger partial charge in [-0.2, -0.15) is 4.68 Å². The Kier molecular flexibility index (Phi) is 8.90. The van der Waals surface area contributed by atoms with Crippen molar-refractivity contribution >= 4 is 51.9 Å². The van der Waals surface area contributed by atoms with Gasteiger partial charge in [0.25, 0.3) is 0 Å². The Hall–Kier alpha value is -4.42. The minimum Gasteiger partial charge on any atom is -0.461 e. The minimum atomic E-state index is -0.928. The summed E-state index contributed by atoms with van der Waals surface area (Å²) in [6, 6.07) is 13.4. The van der Waals surface area contributed by atoms with Crippen LogP contribution in [0.5, 0.6) is 0 Å². The molecule has 0 aliphatic rings. The van der Waals surface area contributed by atoms with E-state index in [1.165, 1.54) is 22.5 Å². The molecule has 4 rings (SSSR count). The second-order valence-corrected chi connectivity index (χ2v) is 9.08. The molecule has 194 valence electrons. The number of tetrazole rings is 1. The molecule has 0 aliphatic carbocycles. The smallest absolute Gasteiger partial charge is 0.357 e. The molecule has 1 atom stereocenters. The second-order valence-electron chi connectivity index (χ2n) is 7.79. The number of nitrogens with zero attached hydrogens (tertiary/aromatic N) is 5. The Bertz CT molecular complexity index is 1440. The fraction of sp³-hybridized carbons (Fsp3) is 0.160. The van der Waals surface area contributed by atoms with Gasteiger partial charge in [0.05, 0.1) is 12.3 Å². The van der Waals surface area contributed by atoms with E-state index in [-0.39, 0.29) is 23.9 Å². The molecule has 0 radical (unpaired) electrons. The van der Waals surface area contributed by atoms with Crippen LogP contribution in [0.1, 0.15) is 28.5 Å². The van der Waals surface area contributed by atoms with E-state index in [2.05, 4.69) is 31.1 Å². The van der Waals surface area contributed by atoms with E-state index < -0.39 is 23.8 Å². The predicted octanol–water partition coefficient (Wildman–Crippen LogP) is 3.33. The third-order valence-electron chi connectivity index (χ3n) is 5.13. The molecule has 11 nitrogen and oxygen atoms in total. The van der Waals surface area contributed by atoms with Crippen molar-refractivity contribution < 1.29 is 19.1 Å². The number of aromatic nitrogens is 5. The first-order valence-corrected chi connectivity index (χ1v) is 12.7. The fourth-order valence-electron chi connectivity index (χ4n) is 3.41. The standard InChI is InChI=1S/C25H22ClN7O4S/c1-2-37-24(36)20-14-38-25(29-20)30-23(35)19(12-16-6-4-3-5-7-16)28-22(34)11-8-17-13-18(26)9-10-21(17)33-15-27-31-32-33/h3-11,13-15,19H,2,12H2,1H3,(H,28,34)(H,29,30,35)/t19-/m0/s1. The summed E-state index contributed by atoms with van der Waals surface area (Å²) in [7, 11) is 0. The van der Waals surface area contributed by atoms with Crippen LogP contribution in [-0.2, 0) is 20.7 Å². The first-order valence-electron chi connectivity index (χ1n) is 11.4. The first kappa shape index (κ1) is 26.6. The quantitative estimate of drug-likeness (QED) is 0.226. The summed E-state index contributed by atoms with van der Waals surface area (Å²) >= 11 is 7.23. The van der Waals surface area contributed by atoms with E-state index in [0.717, 1.165) is 16.9 Å². The second kappa shape index (κ2) is 12.7. The molecule has 0 spiro atoms. The van der Waals surface area contributed by atoms with Gasteiger partial charge >= 0.3 is 5.97 Å². The molecular weight excluding hydrogens is 530 g/mol. The zero-order valence-electron chi connectivity index (χ0n) is 20.1. The van der Waals surface area contributed by atoms with Crippen LogP contribution < -0.4 is 10.6 Å². The number of rotatable bonds is 10. The van der Waals surface area contributed by atoms with Crippen molar-refractivity contribution in [3.05, 3.63) is 88.2 Å². The van der Waals surface area contributed by atoms with Crippen LogP contribution >= 0.6 is 22.9 Å². The molecule has 0 unspecified atom stereocenters. The average Bonchev–Trinajstić information content (AvgIpc) is 3.61. The number of carbonyl (C=O) groups excluding carboxylic acids is 3. The number of nitrogens with one attached hydrogen (secondary N) is 2. The number of hydrogen-bond acceptors (Lipinski definition) is 9. The number of carbonyl (C=O) groups is 3. The molecule has 0 aliphatic heterocycles. The van der Waals surface area contributed by atoms with Gasteiger partial charge in [-0.3, -0.25) is 9.59 Å². The van der Waals surface area contributed by atoms with E-state index in [9.17, 15) is 14.4 Å². The molecule has 0 saturated heterocycles. The maximum atomic E-state index is 13.1. The zero-order valence-corrected chi connectivity index (χ0v) is 21.6. The van der Waals surface area contributed by atoms with Crippen LogP contribution in [0.15, 0.2) is 66.3 Å². The Morgan fingerprint density at radius 1 is 1.18 bits per heavy atom. The highest BCUT2D eigenvalue weighted by Gasteiger charge is 2.22. The molecule has 0 fully saturated rings. The molecule has 38 heavy (non-hydrogen) atoms. The van der Waals surface area contributed by atoms with Crippen molar-refractivity contribution in [3.8, 4) is 5.69 Å². The summed E-state index contributed by atoms with van der Waals surface area (Å²) < 4.78 is 6.38. The summed E-state index contributed by atoms with van der Waals surface area (Å²) in [5.41, 5.74) is 2.15. The van der Waals surface area contributed by atoms with Gasteiger partial charge in [0, 0.05) is 28.5 Å². The van der Waals surface area contributed by atoms with Crippen molar-refractivity contribution in [2.24, 2.45) is 0 Å². The van der Waals surface area contributed by atoms with E-state index in [0.29, 0.717) is 16.3 Å². The molecule has 13 heteroatoms. The van der Waals surface area contributed by atoms with Crippen molar-refractivity contribution in [2.75, 3.05) is 11.9 Å². The van der Waals surface area contributed by atoms with Gasteiger partial charge in [-0.05, 0) is 47.2 Å². The summed E-state index contributed by atoms with van der Waals surface area (Å²) in [5, 5.41) is 18.7. The van der Waals surface area contributed by atoms with Crippen molar-refractivity contribution in [1.82, 2.24) is 30.5 Å². The Balaban J connectivity index is 1.50. The number of amides is 2. The highest BCUT2D eigenvalue weighted by molar-refractivity contribution is 7.14. The third-order valence-corrected chi connectivity index (χ3v) is 6.13. The molecular formula is C25H22ClN7O4S. The molecule has 4 aromatic rings. The van der Waals surface area contributed by atoms with Gasteiger partial charge in [-0.25, -0.2) is 9.78 Å². The molecule has 0 saturated carbocycles. The van der Waals surface area contributed by atoms with Gasteiger partial charge in [0.1, 0.15) is 12.4 Å². The average molecular weight is 552 g/mol. The lowest BCUT2D eigenvalue weighted by molar-refractivity contribution is -0.123. The summed E-state index contributed by atoms with van der Waals surface area (Å²) in [6.45, 7) is 1.90. The topological polar surface area (TPSA) is 141 Å². The third kappa shape index (κ3) is 7.08. The van der Waals surface area contributed by atoms with Gasteiger partial charge in [-0.1, -0.05) is 41.9 Å². The van der Waals surface area contributed by atoms with Crippen LogP contribution in [0.25, 0.3) is 11.8 Å². The van der Waals surface area contributed by atoms with Crippen LogP contribution in [0.3, 0.4) is 0 Å². The predicted molar refractivity (Wildman–Crippen MR) is 142 cm³/mol. The zero-order chi connectivity index (χ0) is 26.9. The normalized spacial score (nSPS) is 11.7. The lowest BCUT2D eigenvalue weighted by atomic mass is 10.1. The highest BCUT2D eigenvalue weighted by atomic mass is 35.5. The van der Waals surface area contributed by atoms with E-state index in [1.54, 1.807) is 31.2 Å². The van der Waals surface area contributed by atoms with Gasteiger partial charge in [0.2, 0.25) is 11.8 Å². The van der Waals surface area contributed by atoms with E-state index in [1.807, 2.05) is 30.3 Å². The van der Waals surface area contributed by atoms with Crippen LogP contribution in [-0.4, -0.2) is 55.6 Å². The van der Waals surface area contributed by atoms with Crippen LogP contribution in [0, 0.1) is 0 Å². The lowest BCUT2D eigenvalue weighted by Crippen LogP contribution is -2.44. The number of ether oxygens (including phenoxy) is 1. The maximum absolute atomic E-state index is 13.1. The van der Waals surface area contributed by atoms with Crippen molar-refractivity contribution in [2.45, 2.75) is 19.4 Å². The van der Waals surface area contributed by atoms with Gasteiger partial charge in [0.15, 0.2) is 10.8 Å². The monoisotopic (exact) mass is 551 g/mol. The Labute approximate surface area is 226 Å². The SMILES string of the molecule is CCOC(=O)c1csc(NC(=O)[C@H](Cc2ccccc2)NC(=O)C=Cc2cc(Cl)ccc2-n2cnnn2)n1. The molecule has 2 aromatic heterocycles. The van der Waals surface area contributed by atoms with E-state index in [4.69, 9.17) is 16.3 Å². The Morgan fingerprint density at radius 3 is 2.74 bits per heavy atom. The van der Waals surface area contributed by atoms with Crippen LogP contribution in [0.4, 0.5) is 5.13 Å². The molecule has 2 aromatic carbocycles. The number of anilines is 1. The first-order chi connectivity index (χ1) is 18.4. The summed E-state index contributed by atoms with van der Waals surface area (Å²) in [5.74, 6) is -1.57. The van der Waals surface area contributed by atoms with Crippen LogP contribution in [0.2, 0.25) is 5.02 Å². The number of thiazole rings is 1. The molecule has 2 amide bonds. The minimum absolute atomic E-state index is 0.0960. The molecule has 2 N–H and O–H groups in total. The molecule has 0 bridgehead atoms. The largest absolute Gasteiger partial charge is 0.461 e. The maximum Gasteiger partial charge on any atom is 0.357 e. The summed E-state index contributed by atoms with van der Waals surface area (Å²) in [6.07, 6.45) is 4.51. The number of halogens is 1. The van der Waals surface area contributed by atoms with Crippen molar-refractivity contribution in [3.63, 3.8) is 0 Å². The molecule has 2 heterocycles. The number of hydrogen-bond donors (Lipinski definition) is 2. The van der Waals surface area contributed by atoms with Gasteiger partial charge < -0.3 is 15.4 Å². The van der Waals surface area contributed by atoms with Gasteiger partial charge in [-0.15, -0.1) is 16.4 Å². The lowest BCUT2D eigenvalue weighted by Gasteiger charge is -2.17. The highest BCUT2D eigenvalue weighted by Crippen LogP contribution is 2.20. The fourth-order valence-corrected chi connectivity index (χ4v) is 4.27.